The fraction of sp³-hybridized carbons (Fsp3) is 0.400. The van der Waals surface area contributed by atoms with E-state index in [1.54, 1.807) is 24.3 Å². The first kappa shape index (κ1) is 14.2. The Bertz CT molecular complexity index is 518. The molecule has 1 aromatic carbocycles. The molecule has 1 aliphatic heterocycles. The van der Waals surface area contributed by atoms with Crippen molar-refractivity contribution in [2.75, 3.05) is 6.54 Å². The summed E-state index contributed by atoms with van der Waals surface area (Å²) in [7, 11) is 0. The van der Waals surface area contributed by atoms with Gasteiger partial charge in [0.2, 0.25) is 0 Å². The molecule has 0 bridgehead atoms. The lowest BCUT2D eigenvalue weighted by Crippen LogP contribution is -2.30. The van der Waals surface area contributed by atoms with Crippen molar-refractivity contribution in [1.82, 2.24) is 4.90 Å². The number of carboxylic acids is 1. The third kappa shape index (κ3) is 2.87. The van der Waals surface area contributed by atoms with Crippen molar-refractivity contribution >= 4 is 17.8 Å². The highest BCUT2D eigenvalue weighted by molar-refractivity contribution is 6.21. The molecule has 0 aliphatic carbocycles. The Morgan fingerprint density at radius 2 is 1.75 bits per heavy atom. The lowest BCUT2D eigenvalue weighted by atomic mass is 10.0. The predicted molar refractivity (Wildman–Crippen MR) is 72.5 cm³/mol. The molecule has 1 aliphatic rings. The SMILES string of the molecule is CC(CCCN1C(=O)c2ccccc2C1=O)CC(=O)O. The predicted octanol–water partition coefficient (Wildman–Crippen LogP) is 2.17. The lowest BCUT2D eigenvalue weighted by molar-refractivity contribution is -0.138. The highest BCUT2D eigenvalue weighted by atomic mass is 16.4. The molecule has 0 fully saturated rings. The zero-order valence-electron chi connectivity index (χ0n) is 11.3. The van der Waals surface area contributed by atoms with Crippen LogP contribution in [0.2, 0.25) is 0 Å². The molecule has 1 unspecified atom stereocenters. The Morgan fingerprint density at radius 1 is 1.20 bits per heavy atom. The summed E-state index contributed by atoms with van der Waals surface area (Å²) >= 11 is 0. The minimum atomic E-state index is -0.821. The van der Waals surface area contributed by atoms with E-state index in [1.807, 2.05) is 6.92 Å². The lowest BCUT2D eigenvalue weighted by Gasteiger charge is -2.15. The second-order valence-corrected chi connectivity index (χ2v) is 5.15. The van der Waals surface area contributed by atoms with Crippen LogP contribution >= 0.6 is 0 Å². The first-order chi connectivity index (χ1) is 9.50. The molecule has 5 nitrogen and oxygen atoms in total. The molecule has 0 saturated heterocycles. The number of benzene rings is 1. The van der Waals surface area contributed by atoms with Crippen molar-refractivity contribution in [3.63, 3.8) is 0 Å². The van der Waals surface area contributed by atoms with Gasteiger partial charge in [-0.1, -0.05) is 19.1 Å². The van der Waals surface area contributed by atoms with Crippen molar-refractivity contribution in [3.8, 4) is 0 Å². The number of hydrogen-bond acceptors (Lipinski definition) is 3. The van der Waals surface area contributed by atoms with E-state index in [9.17, 15) is 14.4 Å². The maximum Gasteiger partial charge on any atom is 0.303 e. The van der Waals surface area contributed by atoms with Gasteiger partial charge >= 0.3 is 5.97 Å². The van der Waals surface area contributed by atoms with Gasteiger partial charge in [0.15, 0.2) is 0 Å². The number of fused-ring (bicyclic) bond motifs is 1. The van der Waals surface area contributed by atoms with Crippen LogP contribution in [0, 0.1) is 5.92 Å². The number of hydrogen-bond donors (Lipinski definition) is 1. The Morgan fingerprint density at radius 3 is 2.25 bits per heavy atom. The third-order valence-corrected chi connectivity index (χ3v) is 3.48. The summed E-state index contributed by atoms with van der Waals surface area (Å²) in [6.07, 6.45) is 1.42. The third-order valence-electron chi connectivity index (χ3n) is 3.48. The molecule has 0 spiro atoms. The maximum atomic E-state index is 12.1. The summed E-state index contributed by atoms with van der Waals surface area (Å²) in [5.41, 5.74) is 0.909. The average molecular weight is 275 g/mol. The second-order valence-electron chi connectivity index (χ2n) is 5.15. The second kappa shape index (κ2) is 5.86. The molecule has 5 heteroatoms. The van der Waals surface area contributed by atoms with E-state index in [4.69, 9.17) is 5.11 Å². The molecule has 1 aromatic rings. The first-order valence-electron chi connectivity index (χ1n) is 6.67. The van der Waals surface area contributed by atoms with Crippen LogP contribution in [-0.4, -0.2) is 34.3 Å². The Balaban J connectivity index is 1.91. The fourth-order valence-corrected chi connectivity index (χ4v) is 2.44. The summed E-state index contributed by atoms with van der Waals surface area (Å²) in [6, 6.07) is 6.79. The smallest absolute Gasteiger partial charge is 0.303 e. The molecule has 2 rings (SSSR count). The van der Waals surface area contributed by atoms with E-state index in [1.165, 1.54) is 4.90 Å². The summed E-state index contributed by atoms with van der Waals surface area (Å²) in [5.74, 6) is -1.28. The number of carboxylic acid groups (broad SMARTS) is 1. The number of nitrogens with zero attached hydrogens (tertiary/aromatic N) is 1. The van der Waals surface area contributed by atoms with Crippen LogP contribution in [0.5, 0.6) is 0 Å². The van der Waals surface area contributed by atoms with Crippen LogP contribution in [0.25, 0.3) is 0 Å². The topological polar surface area (TPSA) is 74.7 Å². The largest absolute Gasteiger partial charge is 0.481 e. The molecule has 1 heterocycles. The van der Waals surface area contributed by atoms with Gasteiger partial charge in [0.25, 0.3) is 11.8 Å². The van der Waals surface area contributed by atoms with E-state index >= 15 is 0 Å². The average Bonchev–Trinajstić information content (AvgIpc) is 2.63. The van der Waals surface area contributed by atoms with Gasteiger partial charge in [0, 0.05) is 13.0 Å². The summed E-state index contributed by atoms with van der Waals surface area (Å²) in [5, 5.41) is 8.68. The summed E-state index contributed by atoms with van der Waals surface area (Å²) in [6.45, 7) is 2.20. The molecule has 0 saturated carbocycles. The molecule has 1 atom stereocenters. The van der Waals surface area contributed by atoms with Crippen molar-refractivity contribution in [2.45, 2.75) is 26.2 Å². The normalized spacial score (nSPS) is 15.3. The van der Waals surface area contributed by atoms with Crippen molar-refractivity contribution in [3.05, 3.63) is 35.4 Å². The zero-order chi connectivity index (χ0) is 14.7. The van der Waals surface area contributed by atoms with Crippen LogP contribution in [0.3, 0.4) is 0 Å². The molecular formula is C15H17NO4. The quantitative estimate of drug-likeness (QED) is 0.807. The van der Waals surface area contributed by atoms with Crippen molar-refractivity contribution < 1.29 is 19.5 Å². The van der Waals surface area contributed by atoms with Crippen molar-refractivity contribution in [2.24, 2.45) is 5.92 Å². The maximum absolute atomic E-state index is 12.1. The monoisotopic (exact) mass is 275 g/mol. The van der Waals surface area contributed by atoms with Gasteiger partial charge < -0.3 is 5.11 Å². The highest BCUT2D eigenvalue weighted by Crippen LogP contribution is 2.23. The molecule has 20 heavy (non-hydrogen) atoms. The zero-order valence-corrected chi connectivity index (χ0v) is 11.3. The van der Waals surface area contributed by atoms with E-state index in [0.717, 1.165) is 0 Å². The summed E-state index contributed by atoms with van der Waals surface area (Å²) < 4.78 is 0. The Labute approximate surface area is 117 Å². The van der Waals surface area contributed by atoms with Crippen LogP contribution in [0.1, 0.15) is 46.9 Å². The highest BCUT2D eigenvalue weighted by Gasteiger charge is 2.34. The van der Waals surface area contributed by atoms with Crippen LogP contribution < -0.4 is 0 Å². The fourth-order valence-electron chi connectivity index (χ4n) is 2.44. The molecule has 2 amide bonds. The van der Waals surface area contributed by atoms with Gasteiger partial charge in [-0.15, -0.1) is 0 Å². The van der Waals surface area contributed by atoms with E-state index in [-0.39, 0.29) is 24.2 Å². The van der Waals surface area contributed by atoms with Crippen LogP contribution in [0.15, 0.2) is 24.3 Å². The number of aliphatic carboxylic acids is 1. The van der Waals surface area contributed by atoms with Gasteiger partial charge in [-0.3, -0.25) is 19.3 Å². The van der Waals surface area contributed by atoms with E-state index in [2.05, 4.69) is 0 Å². The van der Waals surface area contributed by atoms with Crippen LogP contribution in [0.4, 0.5) is 0 Å². The number of carbonyl (C=O) groups is 3. The molecule has 0 aromatic heterocycles. The van der Waals surface area contributed by atoms with E-state index < -0.39 is 5.97 Å². The number of imide groups is 1. The Kier molecular flexibility index (Phi) is 4.17. The van der Waals surface area contributed by atoms with Gasteiger partial charge in [0.05, 0.1) is 11.1 Å². The molecule has 1 N–H and O–H groups in total. The molecular weight excluding hydrogens is 258 g/mol. The number of carbonyl (C=O) groups excluding carboxylic acids is 2. The van der Waals surface area contributed by atoms with Crippen LogP contribution in [-0.2, 0) is 4.79 Å². The first-order valence-corrected chi connectivity index (χ1v) is 6.67. The molecule has 0 radical (unpaired) electrons. The van der Waals surface area contributed by atoms with E-state index in [0.29, 0.717) is 30.5 Å². The van der Waals surface area contributed by atoms with Crippen molar-refractivity contribution in [1.29, 1.82) is 0 Å². The Hall–Kier alpha value is -2.17. The number of amides is 2. The van der Waals surface area contributed by atoms with Gasteiger partial charge in [-0.05, 0) is 30.9 Å². The standard InChI is InChI=1S/C15H17NO4/c1-10(9-13(17)18)5-4-8-16-14(19)11-6-2-3-7-12(11)15(16)20/h2-3,6-7,10H,4-5,8-9H2,1H3,(H,17,18). The van der Waals surface area contributed by atoms with Gasteiger partial charge in [-0.2, -0.15) is 0 Å². The van der Waals surface area contributed by atoms with Gasteiger partial charge in [0.1, 0.15) is 0 Å². The minimum absolute atomic E-state index is 0.0442. The minimum Gasteiger partial charge on any atom is -0.481 e. The van der Waals surface area contributed by atoms with Gasteiger partial charge in [-0.25, -0.2) is 0 Å². The number of rotatable bonds is 6. The summed E-state index contributed by atoms with van der Waals surface area (Å²) in [4.78, 5) is 36.0. The molecule has 106 valence electrons.